The molecule has 3 aromatic carbocycles. The molecular weight excluding hydrogens is 440 g/mol. The van der Waals surface area contributed by atoms with E-state index in [0.717, 1.165) is 19.8 Å². The van der Waals surface area contributed by atoms with Crippen LogP contribution in [0.15, 0.2) is 105 Å². The molecule has 0 unspecified atom stereocenters. The number of hydrogen-bond acceptors (Lipinski definition) is 4. The van der Waals surface area contributed by atoms with Crippen LogP contribution < -0.4 is 0 Å². The lowest BCUT2D eigenvalue weighted by atomic mass is 10.2. The molecule has 2 nitrogen and oxygen atoms in total. The third-order valence-corrected chi connectivity index (χ3v) is 7.18. The van der Waals surface area contributed by atoms with Crippen LogP contribution in [0.3, 0.4) is 0 Å². The molecule has 5 heteroatoms. The van der Waals surface area contributed by atoms with E-state index in [2.05, 4.69) is 15.9 Å². The maximum Gasteiger partial charge on any atom is 0.342 e. The molecule has 0 saturated heterocycles. The van der Waals surface area contributed by atoms with E-state index in [-0.39, 0.29) is 5.97 Å². The van der Waals surface area contributed by atoms with Gasteiger partial charge in [0.2, 0.25) is 0 Å². The molecule has 0 amide bonds. The maximum atomic E-state index is 13.0. The standard InChI is InChI=1S/C22H15BrO2S2/c23-17-13-11-16(12-14-17)20-15-22(21(24)25-20,26-18-7-3-1-4-8-18)27-19-9-5-2-6-10-19/h1-15H. The summed E-state index contributed by atoms with van der Waals surface area (Å²) in [7, 11) is 0. The van der Waals surface area contributed by atoms with Crippen molar-refractivity contribution in [2.45, 2.75) is 13.9 Å². The molecule has 4 rings (SSSR count). The van der Waals surface area contributed by atoms with E-state index in [1.54, 1.807) is 0 Å². The number of esters is 1. The van der Waals surface area contributed by atoms with E-state index in [4.69, 9.17) is 4.74 Å². The minimum Gasteiger partial charge on any atom is -0.424 e. The molecule has 0 saturated carbocycles. The second-order valence-corrected chi connectivity index (χ2v) is 9.72. The van der Waals surface area contributed by atoms with Crippen molar-refractivity contribution < 1.29 is 9.53 Å². The average Bonchev–Trinajstić information content (AvgIpc) is 3.00. The van der Waals surface area contributed by atoms with Crippen LogP contribution in [0.25, 0.3) is 5.76 Å². The fourth-order valence-electron chi connectivity index (χ4n) is 2.68. The van der Waals surface area contributed by atoms with Crippen molar-refractivity contribution in [3.8, 4) is 0 Å². The number of carbonyl (C=O) groups excluding carboxylic acids is 1. The SMILES string of the molecule is O=C1OC(c2ccc(Br)cc2)=CC1(Sc1ccccc1)Sc1ccccc1. The fourth-order valence-corrected chi connectivity index (χ4v) is 5.56. The Morgan fingerprint density at radius 2 is 1.26 bits per heavy atom. The monoisotopic (exact) mass is 454 g/mol. The molecule has 0 spiro atoms. The number of rotatable bonds is 5. The van der Waals surface area contributed by atoms with E-state index < -0.39 is 4.08 Å². The predicted molar refractivity (Wildman–Crippen MR) is 116 cm³/mol. The normalized spacial score (nSPS) is 15.3. The van der Waals surface area contributed by atoms with E-state index in [0.29, 0.717) is 5.76 Å². The number of thioether (sulfide) groups is 2. The van der Waals surface area contributed by atoms with Gasteiger partial charge in [-0.2, -0.15) is 0 Å². The Hall–Kier alpha value is -1.95. The van der Waals surface area contributed by atoms with E-state index in [9.17, 15) is 4.79 Å². The first kappa shape index (κ1) is 18.4. The predicted octanol–water partition coefficient (Wildman–Crippen LogP) is 6.63. The second-order valence-electron chi connectivity index (χ2n) is 5.90. The number of benzene rings is 3. The summed E-state index contributed by atoms with van der Waals surface area (Å²) in [4.78, 5) is 15.1. The first-order valence-electron chi connectivity index (χ1n) is 8.34. The molecule has 0 fully saturated rings. The molecule has 134 valence electrons. The van der Waals surface area contributed by atoms with Crippen molar-refractivity contribution >= 4 is 51.2 Å². The molecule has 0 radical (unpaired) electrons. The fraction of sp³-hybridized carbons (Fsp3) is 0.0455. The summed E-state index contributed by atoms with van der Waals surface area (Å²) in [6, 6.07) is 27.7. The van der Waals surface area contributed by atoms with Crippen LogP contribution >= 0.6 is 39.5 Å². The molecule has 3 aromatic rings. The van der Waals surface area contributed by atoms with Crippen LogP contribution in [-0.2, 0) is 9.53 Å². The zero-order chi connectivity index (χ0) is 18.7. The van der Waals surface area contributed by atoms with Gasteiger partial charge >= 0.3 is 5.97 Å². The third-order valence-electron chi connectivity index (χ3n) is 3.96. The highest BCUT2D eigenvalue weighted by molar-refractivity contribution is 9.10. The quantitative estimate of drug-likeness (QED) is 0.319. The van der Waals surface area contributed by atoms with Crippen LogP contribution in [-0.4, -0.2) is 10.0 Å². The summed E-state index contributed by atoms with van der Waals surface area (Å²) >= 11 is 6.45. The summed E-state index contributed by atoms with van der Waals surface area (Å²) < 4.78 is 5.83. The smallest absolute Gasteiger partial charge is 0.342 e. The van der Waals surface area contributed by atoms with Crippen LogP contribution in [0.5, 0.6) is 0 Å². The van der Waals surface area contributed by atoms with E-state index in [1.807, 2.05) is 91.0 Å². The minimum atomic E-state index is -0.870. The van der Waals surface area contributed by atoms with Gasteiger partial charge in [-0.25, -0.2) is 4.79 Å². The highest BCUT2D eigenvalue weighted by atomic mass is 79.9. The summed E-state index contributed by atoms with van der Waals surface area (Å²) in [6.07, 6.45) is 1.94. The Morgan fingerprint density at radius 3 is 1.78 bits per heavy atom. The Bertz CT molecular complexity index is 929. The van der Waals surface area contributed by atoms with Gasteiger partial charge in [0.25, 0.3) is 0 Å². The first-order valence-corrected chi connectivity index (χ1v) is 10.8. The van der Waals surface area contributed by atoms with Crippen molar-refractivity contribution in [2.75, 3.05) is 0 Å². The second kappa shape index (κ2) is 7.97. The first-order chi connectivity index (χ1) is 13.1. The zero-order valence-electron chi connectivity index (χ0n) is 14.2. The van der Waals surface area contributed by atoms with Gasteiger partial charge in [0, 0.05) is 19.8 Å². The van der Waals surface area contributed by atoms with Gasteiger partial charge in [0.05, 0.1) is 0 Å². The molecule has 0 bridgehead atoms. The van der Waals surface area contributed by atoms with Gasteiger partial charge in [-0.3, -0.25) is 0 Å². The molecule has 1 heterocycles. The topological polar surface area (TPSA) is 26.3 Å². The van der Waals surface area contributed by atoms with Gasteiger partial charge in [-0.05, 0) is 42.5 Å². The van der Waals surface area contributed by atoms with Crippen LogP contribution in [0.4, 0.5) is 0 Å². The highest BCUT2D eigenvalue weighted by Gasteiger charge is 2.46. The molecule has 1 aliphatic rings. The van der Waals surface area contributed by atoms with E-state index >= 15 is 0 Å². The summed E-state index contributed by atoms with van der Waals surface area (Å²) in [5, 5.41) is 0. The van der Waals surface area contributed by atoms with Gasteiger partial charge in [-0.1, -0.05) is 88.0 Å². The van der Waals surface area contributed by atoms with Crippen molar-refractivity contribution in [3.05, 3.63) is 101 Å². The largest absolute Gasteiger partial charge is 0.424 e. The number of carbonyl (C=O) groups is 1. The van der Waals surface area contributed by atoms with Gasteiger partial charge in [0.15, 0.2) is 4.08 Å². The lowest BCUT2D eigenvalue weighted by molar-refractivity contribution is -0.134. The summed E-state index contributed by atoms with van der Waals surface area (Å²) in [5.74, 6) is 0.336. The number of hydrogen-bond donors (Lipinski definition) is 0. The van der Waals surface area contributed by atoms with Crippen molar-refractivity contribution in [2.24, 2.45) is 0 Å². The van der Waals surface area contributed by atoms with E-state index in [1.165, 1.54) is 23.5 Å². The molecule has 0 atom stereocenters. The Kier molecular flexibility index (Phi) is 5.43. The Labute approximate surface area is 175 Å². The van der Waals surface area contributed by atoms with Gasteiger partial charge < -0.3 is 4.74 Å². The molecule has 0 aliphatic carbocycles. The van der Waals surface area contributed by atoms with Crippen molar-refractivity contribution in [1.29, 1.82) is 0 Å². The van der Waals surface area contributed by atoms with Gasteiger partial charge in [-0.15, -0.1) is 0 Å². The molecule has 0 aromatic heterocycles. The highest BCUT2D eigenvalue weighted by Crippen LogP contribution is 2.52. The summed E-state index contributed by atoms with van der Waals surface area (Å²) in [5.41, 5.74) is 0.885. The number of cyclic esters (lactones) is 1. The lowest BCUT2D eigenvalue weighted by Crippen LogP contribution is -2.25. The average molecular weight is 455 g/mol. The minimum absolute atomic E-state index is 0.261. The number of ether oxygens (including phenoxy) is 1. The van der Waals surface area contributed by atoms with Gasteiger partial charge in [0.1, 0.15) is 5.76 Å². The van der Waals surface area contributed by atoms with Crippen molar-refractivity contribution in [1.82, 2.24) is 0 Å². The molecule has 1 aliphatic heterocycles. The summed E-state index contributed by atoms with van der Waals surface area (Å²) in [6.45, 7) is 0. The van der Waals surface area contributed by atoms with Crippen molar-refractivity contribution in [3.63, 3.8) is 0 Å². The Balaban J connectivity index is 1.74. The number of halogens is 1. The molecule has 0 N–H and O–H groups in total. The maximum absolute atomic E-state index is 13.0. The van der Waals surface area contributed by atoms with Crippen LogP contribution in [0.1, 0.15) is 5.56 Å². The zero-order valence-corrected chi connectivity index (χ0v) is 17.4. The Morgan fingerprint density at radius 1 is 0.741 bits per heavy atom. The molecule has 27 heavy (non-hydrogen) atoms. The van der Waals surface area contributed by atoms with Crippen LogP contribution in [0.2, 0.25) is 0 Å². The van der Waals surface area contributed by atoms with Crippen LogP contribution in [0, 0.1) is 0 Å². The lowest BCUT2D eigenvalue weighted by Gasteiger charge is -2.22. The molecular formula is C22H15BrO2S2. The third kappa shape index (κ3) is 4.15.